The fourth-order valence-electron chi connectivity index (χ4n) is 3.31. The van der Waals surface area contributed by atoms with E-state index in [1.54, 1.807) is 17.5 Å². The Labute approximate surface area is 175 Å². The van der Waals surface area contributed by atoms with Gasteiger partial charge in [0.2, 0.25) is 0 Å². The van der Waals surface area contributed by atoms with Gasteiger partial charge in [0.25, 0.3) is 5.91 Å². The number of carbonyl (C=O) groups excluding carboxylic acids is 1. The molecule has 0 bridgehead atoms. The molecule has 4 heterocycles. The lowest BCUT2D eigenvalue weighted by molar-refractivity contribution is 0.103. The number of hydrogen-bond acceptors (Lipinski definition) is 6. The first-order valence-electron chi connectivity index (χ1n) is 8.97. The van der Waals surface area contributed by atoms with E-state index in [0.29, 0.717) is 4.88 Å². The third-order valence-electron chi connectivity index (χ3n) is 4.76. The van der Waals surface area contributed by atoms with Gasteiger partial charge in [0.1, 0.15) is 9.88 Å². The number of nitrogens with zero attached hydrogens (tertiary/aromatic N) is 2. The van der Waals surface area contributed by atoms with Crippen LogP contribution in [-0.4, -0.2) is 17.4 Å². The number of amides is 1. The SMILES string of the molecule is O=C(Nc1ccc(N2CCc3sccc3C2)cc1)c1cnc(-c2cccs2)s1. The summed E-state index contributed by atoms with van der Waals surface area (Å²) in [5, 5.41) is 8.05. The fourth-order valence-corrected chi connectivity index (χ4v) is 5.82. The average molecular weight is 424 g/mol. The van der Waals surface area contributed by atoms with Crippen LogP contribution in [0.1, 0.15) is 20.1 Å². The summed E-state index contributed by atoms with van der Waals surface area (Å²) in [4.78, 5) is 22.5. The van der Waals surface area contributed by atoms with Gasteiger partial charge in [-0.25, -0.2) is 4.98 Å². The molecule has 0 unspecified atom stereocenters. The predicted molar refractivity (Wildman–Crippen MR) is 119 cm³/mol. The fraction of sp³-hybridized carbons (Fsp3) is 0.143. The van der Waals surface area contributed by atoms with E-state index in [2.05, 4.69) is 38.8 Å². The summed E-state index contributed by atoms with van der Waals surface area (Å²) < 4.78 is 0. The molecule has 1 N–H and O–H groups in total. The molecule has 1 amide bonds. The van der Waals surface area contributed by atoms with Crippen LogP contribution in [0.15, 0.2) is 59.4 Å². The first kappa shape index (κ1) is 17.6. The topological polar surface area (TPSA) is 45.2 Å². The minimum Gasteiger partial charge on any atom is -0.367 e. The Morgan fingerprint density at radius 1 is 1.07 bits per heavy atom. The molecule has 0 radical (unpaired) electrons. The van der Waals surface area contributed by atoms with Gasteiger partial charge in [-0.05, 0) is 59.1 Å². The van der Waals surface area contributed by atoms with Crippen LogP contribution in [0, 0.1) is 0 Å². The third kappa shape index (κ3) is 3.48. The van der Waals surface area contributed by atoms with Gasteiger partial charge in [0.05, 0.1) is 11.1 Å². The number of hydrogen-bond donors (Lipinski definition) is 1. The summed E-state index contributed by atoms with van der Waals surface area (Å²) >= 11 is 4.90. The maximum Gasteiger partial charge on any atom is 0.267 e. The normalized spacial score (nSPS) is 13.4. The van der Waals surface area contributed by atoms with Crippen molar-refractivity contribution >= 4 is 51.3 Å². The van der Waals surface area contributed by atoms with E-state index in [0.717, 1.165) is 35.1 Å². The van der Waals surface area contributed by atoms with Crippen molar-refractivity contribution in [1.29, 1.82) is 0 Å². The van der Waals surface area contributed by atoms with Crippen molar-refractivity contribution in [3.8, 4) is 9.88 Å². The van der Waals surface area contributed by atoms with E-state index in [4.69, 9.17) is 0 Å². The van der Waals surface area contributed by atoms with Crippen molar-refractivity contribution in [3.05, 3.63) is 74.7 Å². The molecule has 4 nitrogen and oxygen atoms in total. The Morgan fingerprint density at radius 2 is 1.96 bits per heavy atom. The number of rotatable bonds is 4. The van der Waals surface area contributed by atoms with Crippen LogP contribution in [0.4, 0.5) is 11.4 Å². The van der Waals surface area contributed by atoms with Crippen molar-refractivity contribution in [1.82, 2.24) is 4.98 Å². The van der Waals surface area contributed by atoms with Gasteiger partial charge in [-0.3, -0.25) is 4.79 Å². The molecule has 5 rings (SSSR count). The summed E-state index contributed by atoms with van der Waals surface area (Å²) in [6, 6.07) is 14.3. The second-order valence-electron chi connectivity index (χ2n) is 6.55. The van der Waals surface area contributed by atoms with E-state index < -0.39 is 0 Å². The Bertz CT molecular complexity index is 1100. The Balaban J connectivity index is 1.26. The molecule has 140 valence electrons. The number of thiophene rings is 2. The van der Waals surface area contributed by atoms with Crippen molar-refractivity contribution < 1.29 is 4.79 Å². The molecule has 1 aromatic carbocycles. The van der Waals surface area contributed by atoms with Gasteiger partial charge in [-0.2, -0.15) is 0 Å². The highest BCUT2D eigenvalue weighted by Crippen LogP contribution is 2.30. The molecular formula is C21H17N3OS3. The quantitative estimate of drug-likeness (QED) is 0.455. The largest absolute Gasteiger partial charge is 0.367 e. The van der Waals surface area contributed by atoms with E-state index in [1.165, 1.54) is 27.5 Å². The highest BCUT2D eigenvalue weighted by molar-refractivity contribution is 7.22. The maximum atomic E-state index is 12.5. The standard InChI is InChI=1S/C21H17N3OS3/c25-20(19-12-22-21(28-19)18-2-1-10-26-18)23-15-3-5-16(6-4-15)24-9-7-17-14(13-24)8-11-27-17/h1-6,8,10-12H,7,9,13H2,(H,23,25). The van der Waals surface area contributed by atoms with Crippen LogP contribution < -0.4 is 10.2 Å². The van der Waals surface area contributed by atoms with Gasteiger partial charge in [-0.15, -0.1) is 34.0 Å². The van der Waals surface area contributed by atoms with Gasteiger partial charge >= 0.3 is 0 Å². The Morgan fingerprint density at radius 3 is 2.79 bits per heavy atom. The average Bonchev–Trinajstić information content (AvgIpc) is 3.48. The molecule has 0 saturated carbocycles. The number of aromatic nitrogens is 1. The van der Waals surface area contributed by atoms with Crippen LogP contribution in [0.5, 0.6) is 0 Å². The number of fused-ring (bicyclic) bond motifs is 1. The minimum atomic E-state index is -0.117. The molecule has 4 aromatic rings. The zero-order valence-corrected chi connectivity index (χ0v) is 17.4. The molecule has 0 saturated heterocycles. The van der Waals surface area contributed by atoms with E-state index in [9.17, 15) is 4.79 Å². The molecule has 0 atom stereocenters. The predicted octanol–water partition coefficient (Wildman–Crippen LogP) is 5.75. The van der Waals surface area contributed by atoms with Crippen molar-refractivity contribution in [2.45, 2.75) is 13.0 Å². The molecule has 0 aliphatic carbocycles. The first-order valence-corrected chi connectivity index (χ1v) is 11.6. The number of benzene rings is 1. The van der Waals surface area contributed by atoms with E-state index >= 15 is 0 Å². The molecule has 1 aliphatic rings. The lowest BCUT2D eigenvalue weighted by Crippen LogP contribution is -2.29. The van der Waals surface area contributed by atoms with Gasteiger partial charge < -0.3 is 10.2 Å². The molecule has 28 heavy (non-hydrogen) atoms. The number of nitrogens with one attached hydrogen (secondary N) is 1. The Hall–Kier alpha value is -2.48. The molecular weight excluding hydrogens is 406 g/mol. The lowest BCUT2D eigenvalue weighted by atomic mass is 10.1. The number of carbonyl (C=O) groups is 1. The highest BCUT2D eigenvalue weighted by Gasteiger charge is 2.18. The zero-order valence-electron chi connectivity index (χ0n) is 14.9. The minimum absolute atomic E-state index is 0.117. The van der Waals surface area contributed by atoms with Crippen LogP contribution in [-0.2, 0) is 13.0 Å². The second-order valence-corrected chi connectivity index (χ2v) is 9.53. The molecule has 1 aliphatic heterocycles. The third-order valence-corrected chi connectivity index (χ3v) is 7.82. The monoisotopic (exact) mass is 423 g/mol. The van der Waals surface area contributed by atoms with Crippen molar-refractivity contribution in [2.75, 3.05) is 16.8 Å². The zero-order chi connectivity index (χ0) is 18.9. The van der Waals surface area contributed by atoms with Crippen LogP contribution in [0.2, 0.25) is 0 Å². The first-order chi connectivity index (χ1) is 13.8. The second kappa shape index (κ2) is 7.50. The highest BCUT2D eigenvalue weighted by atomic mass is 32.1. The van der Waals surface area contributed by atoms with Crippen LogP contribution in [0.3, 0.4) is 0 Å². The van der Waals surface area contributed by atoms with E-state index in [1.807, 2.05) is 41.0 Å². The molecule has 0 spiro atoms. The molecule has 3 aromatic heterocycles. The summed E-state index contributed by atoms with van der Waals surface area (Å²) in [6.45, 7) is 1.99. The Kier molecular flexibility index (Phi) is 4.72. The van der Waals surface area contributed by atoms with Crippen LogP contribution in [0.25, 0.3) is 9.88 Å². The van der Waals surface area contributed by atoms with Crippen LogP contribution >= 0.6 is 34.0 Å². The number of thiazole rings is 1. The molecule has 0 fully saturated rings. The van der Waals surface area contributed by atoms with Gasteiger partial charge in [0.15, 0.2) is 0 Å². The van der Waals surface area contributed by atoms with Crippen molar-refractivity contribution in [2.24, 2.45) is 0 Å². The maximum absolute atomic E-state index is 12.5. The lowest BCUT2D eigenvalue weighted by Gasteiger charge is -2.29. The van der Waals surface area contributed by atoms with Crippen molar-refractivity contribution in [3.63, 3.8) is 0 Å². The number of anilines is 2. The summed E-state index contributed by atoms with van der Waals surface area (Å²) in [5.41, 5.74) is 3.42. The van der Waals surface area contributed by atoms with Gasteiger partial charge in [0, 0.05) is 29.3 Å². The smallest absolute Gasteiger partial charge is 0.267 e. The summed E-state index contributed by atoms with van der Waals surface area (Å²) in [7, 11) is 0. The molecule has 7 heteroatoms. The van der Waals surface area contributed by atoms with Gasteiger partial charge in [-0.1, -0.05) is 6.07 Å². The summed E-state index contributed by atoms with van der Waals surface area (Å²) in [6.07, 6.45) is 2.75. The van der Waals surface area contributed by atoms with E-state index in [-0.39, 0.29) is 5.91 Å². The summed E-state index contributed by atoms with van der Waals surface area (Å²) in [5.74, 6) is -0.117.